The summed E-state index contributed by atoms with van der Waals surface area (Å²) in [7, 11) is 0. The number of aromatic nitrogens is 2. The highest BCUT2D eigenvalue weighted by Crippen LogP contribution is 2.28. The van der Waals surface area contributed by atoms with Crippen molar-refractivity contribution in [2.75, 3.05) is 6.86 Å². The van der Waals surface area contributed by atoms with Crippen LogP contribution in [0.25, 0.3) is 0 Å². The van der Waals surface area contributed by atoms with Crippen molar-refractivity contribution in [1.29, 1.82) is 0 Å². The average molecular weight is 434 g/mol. The summed E-state index contributed by atoms with van der Waals surface area (Å²) in [5.74, 6) is -3.91. The van der Waals surface area contributed by atoms with E-state index in [-0.39, 0.29) is 17.0 Å². The molecule has 2 heterocycles. The normalized spacial score (nSPS) is 11.6. The standard InChI is InChI=1S/C19H13F3N4O5/c20-9-31-16-4-3-10(6-12(16)22)17(18-11(21)2-1-5-23-18)25-19(28)13-7-15(27)14(8-24-13)26(29)30/h1-8,17H,9H2,(H,24,27)(H,25,28)/t17-/m0/s1. The molecule has 3 aromatic rings. The van der Waals surface area contributed by atoms with Gasteiger partial charge >= 0.3 is 5.69 Å². The number of benzene rings is 1. The molecule has 1 aromatic carbocycles. The summed E-state index contributed by atoms with van der Waals surface area (Å²) in [6.45, 7) is -1.26. The van der Waals surface area contributed by atoms with Gasteiger partial charge in [-0.05, 0) is 29.8 Å². The summed E-state index contributed by atoms with van der Waals surface area (Å²) < 4.78 is 45.4. The first-order chi connectivity index (χ1) is 14.8. The number of nitrogens with zero attached hydrogens (tertiary/aromatic N) is 3. The van der Waals surface area contributed by atoms with Crippen LogP contribution in [0, 0.1) is 21.7 Å². The SMILES string of the molecule is O=C(N[C@@H](c1ccc(OCF)c(F)c1)c1ncccc1F)c1cc(O)c([N+](=O)[O-])cn1. The van der Waals surface area contributed by atoms with Gasteiger partial charge < -0.3 is 15.2 Å². The van der Waals surface area contributed by atoms with Crippen molar-refractivity contribution in [2.24, 2.45) is 0 Å². The minimum Gasteiger partial charge on any atom is -0.502 e. The zero-order valence-corrected chi connectivity index (χ0v) is 15.5. The van der Waals surface area contributed by atoms with E-state index in [0.717, 1.165) is 24.3 Å². The maximum atomic E-state index is 14.4. The first kappa shape index (κ1) is 21.5. The Bertz CT molecular complexity index is 1150. The van der Waals surface area contributed by atoms with Crippen LogP contribution in [0.2, 0.25) is 0 Å². The highest BCUT2D eigenvalue weighted by Gasteiger charge is 2.25. The number of pyridine rings is 2. The smallest absolute Gasteiger partial charge is 0.328 e. The van der Waals surface area contributed by atoms with Gasteiger partial charge in [-0.25, -0.2) is 18.2 Å². The molecule has 9 nitrogen and oxygen atoms in total. The van der Waals surface area contributed by atoms with E-state index in [1.807, 2.05) is 0 Å². The zero-order valence-electron chi connectivity index (χ0n) is 15.5. The number of hydrogen-bond donors (Lipinski definition) is 2. The van der Waals surface area contributed by atoms with E-state index in [9.17, 15) is 33.2 Å². The van der Waals surface area contributed by atoms with E-state index in [0.29, 0.717) is 6.20 Å². The minimum atomic E-state index is -1.32. The number of aromatic hydroxyl groups is 1. The van der Waals surface area contributed by atoms with Crippen molar-refractivity contribution < 1.29 is 32.7 Å². The Labute approximate surface area is 172 Å². The summed E-state index contributed by atoms with van der Waals surface area (Å²) >= 11 is 0. The quantitative estimate of drug-likeness (QED) is 0.432. The summed E-state index contributed by atoms with van der Waals surface area (Å²) in [4.78, 5) is 30.0. The van der Waals surface area contributed by atoms with Crippen molar-refractivity contribution in [2.45, 2.75) is 6.04 Å². The second-order valence-corrected chi connectivity index (χ2v) is 6.04. The molecule has 0 saturated carbocycles. The molecule has 12 heteroatoms. The van der Waals surface area contributed by atoms with E-state index in [1.54, 1.807) is 0 Å². The fourth-order valence-electron chi connectivity index (χ4n) is 2.70. The molecule has 0 saturated heterocycles. The Kier molecular flexibility index (Phi) is 6.29. The second-order valence-electron chi connectivity index (χ2n) is 6.04. The van der Waals surface area contributed by atoms with Crippen LogP contribution in [0.5, 0.6) is 11.5 Å². The highest BCUT2D eigenvalue weighted by molar-refractivity contribution is 5.93. The lowest BCUT2D eigenvalue weighted by molar-refractivity contribution is -0.386. The van der Waals surface area contributed by atoms with Crippen LogP contribution >= 0.6 is 0 Å². The van der Waals surface area contributed by atoms with Crippen LogP contribution < -0.4 is 10.1 Å². The predicted molar refractivity (Wildman–Crippen MR) is 99.1 cm³/mol. The predicted octanol–water partition coefficient (Wildman–Crippen LogP) is 3.19. The fourth-order valence-corrected chi connectivity index (χ4v) is 2.70. The van der Waals surface area contributed by atoms with Crippen LogP contribution in [-0.4, -0.2) is 32.8 Å². The monoisotopic (exact) mass is 434 g/mol. The minimum absolute atomic E-state index is 0.0424. The molecule has 1 amide bonds. The molecule has 0 spiro atoms. The lowest BCUT2D eigenvalue weighted by Crippen LogP contribution is -2.31. The molecule has 0 aliphatic rings. The van der Waals surface area contributed by atoms with Crippen molar-refractivity contribution in [3.05, 3.63) is 87.5 Å². The topological polar surface area (TPSA) is 127 Å². The Morgan fingerprint density at radius 2 is 2.00 bits per heavy atom. The number of carbonyl (C=O) groups excluding carboxylic acids is 1. The van der Waals surface area contributed by atoms with Crippen LogP contribution in [0.1, 0.15) is 27.8 Å². The molecule has 2 aromatic heterocycles. The van der Waals surface area contributed by atoms with Gasteiger partial charge in [0.1, 0.15) is 23.4 Å². The number of carbonyl (C=O) groups is 1. The summed E-state index contributed by atoms with van der Waals surface area (Å²) in [5, 5.41) is 22.9. The van der Waals surface area contributed by atoms with Crippen LogP contribution in [0.4, 0.5) is 18.9 Å². The highest BCUT2D eigenvalue weighted by atomic mass is 19.1. The molecule has 0 aliphatic carbocycles. The Balaban J connectivity index is 1.99. The number of nitro groups is 1. The van der Waals surface area contributed by atoms with Crippen molar-refractivity contribution in [3.8, 4) is 11.5 Å². The third-order valence-electron chi connectivity index (χ3n) is 4.13. The number of alkyl halides is 1. The lowest BCUT2D eigenvalue weighted by Gasteiger charge is -2.20. The molecule has 0 aliphatic heterocycles. The zero-order chi connectivity index (χ0) is 22.5. The van der Waals surface area contributed by atoms with E-state index in [2.05, 4.69) is 20.0 Å². The maximum absolute atomic E-state index is 14.4. The molecule has 31 heavy (non-hydrogen) atoms. The van der Waals surface area contributed by atoms with Gasteiger partial charge in [-0.1, -0.05) is 6.07 Å². The first-order valence-electron chi connectivity index (χ1n) is 8.54. The number of nitrogens with one attached hydrogen (secondary N) is 1. The molecule has 0 fully saturated rings. The van der Waals surface area contributed by atoms with Gasteiger partial charge in [-0.3, -0.25) is 19.9 Å². The summed E-state index contributed by atoms with van der Waals surface area (Å²) in [5.41, 5.74) is -1.35. The first-order valence-corrected chi connectivity index (χ1v) is 8.54. The Hall–Kier alpha value is -4.22. The Morgan fingerprint density at radius 3 is 2.61 bits per heavy atom. The van der Waals surface area contributed by atoms with E-state index in [4.69, 9.17) is 0 Å². The van der Waals surface area contributed by atoms with Crippen LogP contribution in [0.3, 0.4) is 0 Å². The van der Waals surface area contributed by atoms with Gasteiger partial charge in [0.2, 0.25) is 6.86 Å². The number of amides is 1. The summed E-state index contributed by atoms with van der Waals surface area (Å²) in [6, 6.07) is 5.11. The second kappa shape index (κ2) is 9.07. The maximum Gasteiger partial charge on any atom is 0.328 e. The van der Waals surface area contributed by atoms with Gasteiger partial charge in [0.25, 0.3) is 5.91 Å². The molecular weight excluding hydrogens is 421 g/mol. The van der Waals surface area contributed by atoms with E-state index < -0.39 is 52.5 Å². The van der Waals surface area contributed by atoms with Crippen molar-refractivity contribution in [3.63, 3.8) is 0 Å². The van der Waals surface area contributed by atoms with Crippen molar-refractivity contribution in [1.82, 2.24) is 15.3 Å². The lowest BCUT2D eigenvalue weighted by atomic mass is 10.0. The fraction of sp³-hybridized carbons (Fsp3) is 0.105. The van der Waals surface area contributed by atoms with Gasteiger partial charge in [-0.2, -0.15) is 0 Å². The number of ether oxygens (including phenoxy) is 1. The molecular formula is C19H13F3N4O5. The number of hydrogen-bond acceptors (Lipinski definition) is 7. The molecule has 0 unspecified atom stereocenters. The largest absolute Gasteiger partial charge is 0.502 e. The summed E-state index contributed by atoms with van der Waals surface area (Å²) in [6.07, 6.45) is 1.94. The number of halogens is 3. The van der Waals surface area contributed by atoms with E-state index in [1.165, 1.54) is 18.3 Å². The number of rotatable bonds is 7. The van der Waals surface area contributed by atoms with Gasteiger partial charge in [0, 0.05) is 12.3 Å². The van der Waals surface area contributed by atoms with Crippen LogP contribution in [0.15, 0.2) is 48.8 Å². The van der Waals surface area contributed by atoms with E-state index >= 15 is 0 Å². The molecule has 0 bridgehead atoms. The molecule has 1 atom stereocenters. The van der Waals surface area contributed by atoms with Crippen LogP contribution in [-0.2, 0) is 0 Å². The average Bonchev–Trinajstić information content (AvgIpc) is 2.73. The van der Waals surface area contributed by atoms with Crippen molar-refractivity contribution >= 4 is 11.6 Å². The molecule has 3 rings (SSSR count). The van der Waals surface area contributed by atoms with Gasteiger partial charge in [0.05, 0.1) is 11.0 Å². The molecule has 2 N–H and O–H groups in total. The van der Waals surface area contributed by atoms with Gasteiger partial charge in [-0.15, -0.1) is 0 Å². The Morgan fingerprint density at radius 1 is 1.23 bits per heavy atom. The van der Waals surface area contributed by atoms with Gasteiger partial charge in [0.15, 0.2) is 17.3 Å². The molecule has 0 radical (unpaired) electrons. The third kappa shape index (κ3) is 4.69. The third-order valence-corrected chi connectivity index (χ3v) is 4.13. The molecule has 160 valence electrons.